The Morgan fingerprint density at radius 1 is 1.12 bits per heavy atom. The average Bonchev–Trinajstić information content (AvgIpc) is 2.78. The Bertz CT molecular complexity index is 1150. The van der Waals surface area contributed by atoms with Crippen LogP contribution in [-0.4, -0.2) is 31.1 Å². The minimum Gasteiger partial charge on any atom is -0.492 e. The molecule has 1 heterocycles. The van der Waals surface area contributed by atoms with Gasteiger partial charge in [0, 0.05) is 16.2 Å². The second-order valence-corrected chi connectivity index (χ2v) is 8.38. The summed E-state index contributed by atoms with van der Waals surface area (Å²) in [4.78, 5) is 27.0. The van der Waals surface area contributed by atoms with E-state index in [1.54, 1.807) is 42.2 Å². The van der Waals surface area contributed by atoms with Crippen molar-refractivity contribution in [1.82, 2.24) is 0 Å². The zero-order valence-corrected chi connectivity index (χ0v) is 19.4. The third-order valence-electron chi connectivity index (χ3n) is 5.15. The SMILES string of the molecule is Cc1ccc(OCCN2C(=O)C(C)Oc3cc(NC(=O)c4ccccc4Br)ccc32)cc1. The molecule has 1 unspecified atom stereocenters. The van der Waals surface area contributed by atoms with Crippen LogP contribution in [-0.2, 0) is 4.79 Å². The molecule has 1 aliphatic heterocycles. The number of fused-ring (bicyclic) bond motifs is 1. The number of nitrogens with zero attached hydrogens (tertiary/aromatic N) is 1. The van der Waals surface area contributed by atoms with Crippen molar-refractivity contribution >= 4 is 39.1 Å². The predicted octanol–water partition coefficient (Wildman–Crippen LogP) is 5.20. The van der Waals surface area contributed by atoms with E-state index in [1.807, 2.05) is 43.3 Å². The summed E-state index contributed by atoms with van der Waals surface area (Å²) >= 11 is 3.40. The van der Waals surface area contributed by atoms with Crippen LogP contribution in [0.15, 0.2) is 71.2 Å². The lowest BCUT2D eigenvalue weighted by atomic mass is 10.1. The van der Waals surface area contributed by atoms with Crippen molar-refractivity contribution in [2.75, 3.05) is 23.4 Å². The van der Waals surface area contributed by atoms with E-state index in [0.29, 0.717) is 40.3 Å². The van der Waals surface area contributed by atoms with E-state index in [-0.39, 0.29) is 11.8 Å². The van der Waals surface area contributed by atoms with E-state index in [2.05, 4.69) is 21.2 Å². The van der Waals surface area contributed by atoms with Crippen LogP contribution >= 0.6 is 15.9 Å². The zero-order chi connectivity index (χ0) is 22.7. The Balaban J connectivity index is 1.48. The molecule has 4 rings (SSSR count). The smallest absolute Gasteiger partial charge is 0.267 e. The highest BCUT2D eigenvalue weighted by molar-refractivity contribution is 9.10. The number of hydrogen-bond acceptors (Lipinski definition) is 4. The molecule has 0 saturated heterocycles. The number of aryl methyl sites for hydroxylation is 1. The van der Waals surface area contributed by atoms with Gasteiger partial charge in [0.15, 0.2) is 6.10 Å². The van der Waals surface area contributed by atoms with Crippen LogP contribution in [0.4, 0.5) is 11.4 Å². The lowest BCUT2D eigenvalue weighted by Gasteiger charge is -2.33. The molecular formula is C25H23BrN2O4. The fraction of sp³-hybridized carbons (Fsp3) is 0.200. The molecule has 1 N–H and O–H groups in total. The maximum Gasteiger partial charge on any atom is 0.267 e. The molecule has 0 fully saturated rings. The van der Waals surface area contributed by atoms with Gasteiger partial charge in [0.25, 0.3) is 11.8 Å². The minimum atomic E-state index is -0.629. The molecular weight excluding hydrogens is 472 g/mol. The first kappa shape index (κ1) is 21.9. The van der Waals surface area contributed by atoms with E-state index in [9.17, 15) is 9.59 Å². The fourth-order valence-corrected chi connectivity index (χ4v) is 3.92. The van der Waals surface area contributed by atoms with Gasteiger partial charge in [-0.05, 0) is 66.2 Å². The Labute approximate surface area is 195 Å². The molecule has 7 heteroatoms. The molecule has 0 aliphatic carbocycles. The second kappa shape index (κ2) is 9.44. The molecule has 0 spiro atoms. The number of benzene rings is 3. The van der Waals surface area contributed by atoms with Gasteiger partial charge in [-0.3, -0.25) is 9.59 Å². The second-order valence-electron chi connectivity index (χ2n) is 7.53. The van der Waals surface area contributed by atoms with Gasteiger partial charge in [0.1, 0.15) is 18.1 Å². The molecule has 0 bridgehead atoms. The molecule has 1 aliphatic rings. The minimum absolute atomic E-state index is 0.130. The molecule has 3 aromatic carbocycles. The number of carbonyl (C=O) groups excluding carboxylic acids is 2. The van der Waals surface area contributed by atoms with E-state index >= 15 is 0 Å². The van der Waals surface area contributed by atoms with Crippen LogP contribution < -0.4 is 19.7 Å². The first-order chi connectivity index (χ1) is 15.4. The molecule has 1 atom stereocenters. The number of nitrogens with one attached hydrogen (secondary N) is 1. The summed E-state index contributed by atoms with van der Waals surface area (Å²) in [5.74, 6) is 0.933. The van der Waals surface area contributed by atoms with Crippen molar-refractivity contribution in [3.8, 4) is 11.5 Å². The summed E-state index contributed by atoms with van der Waals surface area (Å²) in [6.45, 7) is 4.47. The van der Waals surface area contributed by atoms with Crippen molar-refractivity contribution < 1.29 is 19.1 Å². The number of hydrogen-bond donors (Lipinski definition) is 1. The molecule has 0 radical (unpaired) electrons. The Hall–Kier alpha value is -3.32. The fourth-order valence-electron chi connectivity index (χ4n) is 3.45. The monoisotopic (exact) mass is 494 g/mol. The summed E-state index contributed by atoms with van der Waals surface area (Å²) in [5.41, 5.74) is 2.93. The van der Waals surface area contributed by atoms with Crippen molar-refractivity contribution in [2.45, 2.75) is 20.0 Å². The maximum absolute atomic E-state index is 12.7. The van der Waals surface area contributed by atoms with Crippen LogP contribution in [0.25, 0.3) is 0 Å². The van der Waals surface area contributed by atoms with Gasteiger partial charge in [-0.2, -0.15) is 0 Å². The van der Waals surface area contributed by atoms with E-state index < -0.39 is 6.10 Å². The van der Waals surface area contributed by atoms with Crippen LogP contribution in [0, 0.1) is 6.92 Å². The van der Waals surface area contributed by atoms with Crippen LogP contribution in [0.5, 0.6) is 11.5 Å². The number of halogens is 1. The lowest BCUT2D eigenvalue weighted by Crippen LogP contribution is -2.46. The van der Waals surface area contributed by atoms with Gasteiger partial charge in [-0.15, -0.1) is 0 Å². The summed E-state index contributed by atoms with van der Waals surface area (Å²) < 4.78 is 12.3. The molecule has 164 valence electrons. The van der Waals surface area contributed by atoms with E-state index in [1.165, 1.54) is 0 Å². The van der Waals surface area contributed by atoms with Gasteiger partial charge in [0.05, 0.1) is 17.8 Å². The predicted molar refractivity (Wildman–Crippen MR) is 128 cm³/mol. The molecule has 3 aromatic rings. The van der Waals surface area contributed by atoms with Gasteiger partial charge in [-0.25, -0.2) is 0 Å². The van der Waals surface area contributed by atoms with Gasteiger partial charge >= 0.3 is 0 Å². The van der Waals surface area contributed by atoms with Crippen LogP contribution in [0.2, 0.25) is 0 Å². The zero-order valence-electron chi connectivity index (χ0n) is 17.8. The number of amides is 2. The molecule has 0 aromatic heterocycles. The van der Waals surface area contributed by atoms with Crippen LogP contribution in [0.3, 0.4) is 0 Å². The Kier molecular flexibility index (Phi) is 6.46. The molecule has 0 saturated carbocycles. The highest BCUT2D eigenvalue weighted by Crippen LogP contribution is 2.36. The normalized spacial score (nSPS) is 15.0. The van der Waals surface area contributed by atoms with Gasteiger partial charge in [0.2, 0.25) is 0 Å². The first-order valence-corrected chi connectivity index (χ1v) is 11.1. The quantitative estimate of drug-likeness (QED) is 0.511. The topological polar surface area (TPSA) is 67.9 Å². The highest BCUT2D eigenvalue weighted by atomic mass is 79.9. The van der Waals surface area contributed by atoms with Crippen molar-refractivity contribution in [3.05, 3.63) is 82.3 Å². The van der Waals surface area contributed by atoms with Crippen LogP contribution in [0.1, 0.15) is 22.8 Å². The average molecular weight is 495 g/mol. The lowest BCUT2D eigenvalue weighted by molar-refractivity contribution is -0.125. The number of anilines is 2. The van der Waals surface area contributed by atoms with Gasteiger partial charge < -0.3 is 19.7 Å². The molecule has 6 nitrogen and oxygen atoms in total. The maximum atomic E-state index is 12.7. The van der Waals surface area contributed by atoms with Crippen molar-refractivity contribution in [2.24, 2.45) is 0 Å². The van der Waals surface area contributed by atoms with E-state index in [4.69, 9.17) is 9.47 Å². The third kappa shape index (κ3) is 4.78. The van der Waals surface area contributed by atoms with Gasteiger partial charge in [-0.1, -0.05) is 29.8 Å². The number of carbonyl (C=O) groups is 2. The summed E-state index contributed by atoms with van der Waals surface area (Å²) in [5, 5.41) is 2.88. The largest absolute Gasteiger partial charge is 0.492 e. The number of rotatable bonds is 6. The Morgan fingerprint density at radius 2 is 1.88 bits per heavy atom. The molecule has 32 heavy (non-hydrogen) atoms. The van der Waals surface area contributed by atoms with E-state index in [0.717, 1.165) is 11.3 Å². The standard InChI is InChI=1S/C25H23BrN2O4/c1-16-7-10-19(11-8-16)31-14-13-28-22-12-9-18(15-23(22)32-17(2)25(28)30)27-24(29)20-5-3-4-6-21(20)26/h3-12,15,17H,13-14H2,1-2H3,(H,27,29). The summed E-state index contributed by atoms with van der Waals surface area (Å²) in [6, 6.07) is 20.3. The third-order valence-corrected chi connectivity index (χ3v) is 5.84. The summed E-state index contributed by atoms with van der Waals surface area (Å²) in [7, 11) is 0. The van der Waals surface area contributed by atoms with Crippen molar-refractivity contribution in [1.29, 1.82) is 0 Å². The highest BCUT2D eigenvalue weighted by Gasteiger charge is 2.31. The van der Waals surface area contributed by atoms with Crippen molar-refractivity contribution in [3.63, 3.8) is 0 Å². The first-order valence-electron chi connectivity index (χ1n) is 10.3. The molecule has 2 amide bonds. The Morgan fingerprint density at radius 3 is 2.62 bits per heavy atom. The number of ether oxygens (including phenoxy) is 2. The summed E-state index contributed by atoms with van der Waals surface area (Å²) in [6.07, 6.45) is -0.629.